The van der Waals surface area contributed by atoms with Gasteiger partial charge >= 0.3 is 0 Å². The minimum absolute atomic E-state index is 0.926. The molecule has 0 amide bonds. The van der Waals surface area contributed by atoms with Gasteiger partial charge in [0.05, 0.1) is 11.2 Å². The molecule has 0 bridgehead atoms. The third-order valence-electron chi connectivity index (χ3n) is 1.93. The van der Waals surface area contributed by atoms with Crippen LogP contribution in [-0.4, -0.2) is 9.97 Å². The van der Waals surface area contributed by atoms with E-state index in [-0.39, 0.29) is 0 Å². The zero-order valence-electron chi connectivity index (χ0n) is 7.29. The molecule has 0 atom stereocenters. The Kier molecular flexibility index (Phi) is 2.27. The van der Waals surface area contributed by atoms with Crippen LogP contribution in [0.2, 0.25) is 0 Å². The molecule has 66 valence electrons. The number of nitrogens with zero attached hydrogens (tertiary/aromatic N) is 2. The summed E-state index contributed by atoms with van der Waals surface area (Å²) in [5.74, 6) is 0. The standard InChI is InChI=1S/C10H9BrN2/c1-2-7-6-12-10-8(11)4-3-5-9(10)13-7/h3-6H,2H2,1H3. The summed E-state index contributed by atoms with van der Waals surface area (Å²) in [7, 11) is 0. The molecule has 0 saturated heterocycles. The number of hydrogen-bond donors (Lipinski definition) is 0. The van der Waals surface area contributed by atoms with Crippen molar-refractivity contribution in [2.24, 2.45) is 0 Å². The molecule has 13 heavy (non-hydrogen) atoms. The molecular formula is C10H9BrN2. The summed E-state index contributed by atoms with van der Waals surface area (Å²) >= 11 is 3.44. The summed E-state index contributed by atoms with van der Waals surface area (Å²) in [5, 5.41) is 0. The van der Waals surface area contributed by atoms with E-state index in [1.54, 1.807) is 0 Å². The van der Waals surface area contributed by atoms with Crippen molar-refractivity contribution in [3.8, 4) is 0 Å². The largest absolute Gasteiger partial charge is 0.252 e. The van der Waals surface area contributed by atoms with Gasteiger partial charge in [0.25, 0.3) is 0 Å². The Bertz CT molecular complexity index is 440. The quantitative estimate of drug-likeness (QED) is 0.761. The normalized spacial score (nSPS) is 10.6. The molecule has 2 aromatic rings. The molecule has 0 N–H and O–H groups in total. The second-order valence-electron chi connectivity index (χ2n) is 2.82. The maximum absolute atomic E-state index is 4.46. The smallest absolute Gasteiger partial charge is 0.103 e. The molecule has 0 aliphatic rings. The Morgan fingerprint density at radius 2 is 2.23 bits per heavy atom. The number of hydrogen-bond acceptors (Lipinski definition) is 2. The average Bonchev–Trinajstić information content (AvgIpc) is 2.18. The third-order valence-corrected chi connectivity index (χ3v) is 2.57. The number of fused-ring (bicyclic) bond motifs is 1. The molecule has 0 aliphatic carbocycles. The van der Waals surface area contributed by atoms with Crippen molar-refractivity contribution in [2.75, 3.05) is 0 Å². The zero-order valence-corrected chi connectivity index (χ0v) is 8.87. The van der Waals surface area contributed by atoms with Gasteiger partial charge in [0, 0.05) is 10.7 Å². The Balaban J connectivity index is 2.72. The van der Waals surface area contributed by atoms with Gasteiger partial charge in [-0.15, -0.1) is 0 Å². The lowest BCUT2D eigenvalue weighted by molar-refractivity contribution is 1.03. The molecule has 0 spiro atoms. The average molecular weight is 237 g/mol. The second-order valence-corrected chi connectivity index (χ2v) is 3.68. The predicted octanol–water partition coefficient (Wildman–Crippen LogP) is 2.95. The van der Waals surface area contributed by atoms with E-state index in [9.17, 15) is 0 Å². The fraction of sp³-hybridized carbons (Fsp3) is 0.200. The number of benzene rings is 1. The maximum atomic E-state index is 4.46. The SMILES string of the molecule is CCc1cnc2c(Br)cccc2n1. The van der Waals surface area contributed by atoms with Gasteiger partial charge in [0.15, 0.2) is 0 Å². The molecule has 0 radical (unpaired) electrons. The van der Waals surface area contributed by atoms with Crippen molar-refractivity contribution in [3.63, 3.8) is 0 Å². The second kappa shape index (κ2) is 3.42. The molecule has 1 aromatic carbocycles. The van der Waals surface area contributed by atoms with E-state index in [1.165, 1.54) is 0 Å². The van der Waals surface area contributed by atoms with Crippen molar-refractivity contribution in [1.82, 2.24) is 9.97 Å². The third kappa shape index (κ3) is 1.56. The topological polar surface area (TPSA) is 25.8 Å². The summed E-state index contributed by atoms with van der Waals surface area (Å²) in [6.07, 6.45) is 2.75. The molecule has 1 aromatic heterocycles. The van der Waals surface area contributed by atoms with Crippen LogP contribution in [0, 0.1) is 0 Å². The number of halogens is 1. The summed E-state index contributed by atoms with van der Waals surface area (Å²) < 4.78 is 1.00. The summed E-state index contributed by atoms with van der Waals surface area (Å²) in [6, 6.07) is 5.93. The molecule has 2 nitrogen and oxygen atoms in total. The van der Waals surface area contributed by atoms with Gasteiger partial charge in [0.2, 0.25) is 0 Å². The van der Waals surface area contributed by atoms with Crippen molar-refractivity contribution >= 4 is 27.0 Å². The predicted molar refractivity (Wildman–Crippen MR) is 56.6 cm³/mol. The monoisotopic (exact) mass is 236 g/mol. The highest BCUT2D eigenvalue weighted by Gasteiger charge is 2.00. The van der Waals surface area contributed by atoms with E-state index in [0.29, 0.717) is 0 Å². The van der Waals surface area contributed by atoms with Crippen LogP contribution in [0.25, 0.3) is 11.0 Å². The van der Waals surface area contributed by atoms with Gasteiger partial charge in [-0.3, -0.25) is 4.98 Å². The van der Waals surface area contributed by atoms with Crippen LogP contribution < -0.4 is 0 Å². The van der Waals surface area contributed by atoms with E-state index < -0.39 is 0 Å². The molecule has 0 unspecified atom stereocenters. The molecule has 0 aliphatic heterocycles. The molecule has 1 heterocycles. The lowest BCUT2D eigenvalue weighted by atomic mass is 10.3. The Hall–Kier alpha value is -0.960. The van der Waals surface area contributed by atoms with Gasteiger partial charge < -0.3 is 0 Å². The van der Waals surface area contributed by atoms with E-state index >= 15 is 0 Å². The zero-order chi connectivity index (χ0) is 9.26. The molecule has 0 fully saturated rings. The van der Waals surface area contributed by atoms with Crippen LogP contribution in [0.5, 0.6) is 0 Å². The molecular weight excluding hydrogens is 228 g/mol. The van der Waals surface area contributed by atoms with Gasteiger partial charge in [-0.1, -0.05) is 13.0 Å². The number of aromatic nitrogens is 2. The van der Waals surface area contributed by atoms with Gasteiger partial charge in [-0.2, -0.15) is 0 Å². The molecule has 2 rings (SSSR count). The van der Waals surface area contributed by atoms with Crippen molar-refractivity contribution < 1.29 is 0 Å². The number of rotatable bonds is 1. The highest BCUT2D eigenvalue weighted by atomic mass is 79.9. The fourth-order valence-corrected chi connectivity index (χ4v) is 1.67. The maximum Gasteiger partial charge on any atom is 0.103 e. The highest BCUT2D eigenvalue weighted by Crippen LogP contribution is 2.19. The first kappa shape index (κ1) is 8.63. The van der Waals surface area contributed by atoms with E-state index in [0.717, 1.165) is 27.6 Å². The lowest BCUT2D eigenvalue weighted by Crippen LogP contribution is -1.90. The van der Waals surface area contributed by atoms with Gasteiger partial charge in [-0.05, 0) is 34.5 Å². The lowest BCUT2D eigenvalue weighted by Gasteiger charge is -2.00. The van der Waals surface area contributed by atoms with Gasteiger partial charge in [0.1, 0.15) is 5.52 Å². The van der Waals surface area contributed by atoms with E-state index in [1.807, 2.05) is 24.4 Å². The van der Waals surface area contributed by atoms with Crippen LogP contribution >= 0.6 is 15.9 Å². The Labute approximate surface area is 85.1 Å². The minimum atomic E-state index is 0.926. The summed E-state index contributed by atoms with van der Waals surface area (Å²) in [5.41, 5.74) is 2.92. The van der Waals surface area contributed by atoms with E-state index in [2.05, 4.69) is 32.8 Å². The number of aryl methyl sites for hydroxylation is 1. The Morgan fingerprint density at radius 1 is 1.38 bits per heavy atom. The van der Waals surface area contributed by atoms with Crippen molar-refractivity contribution in [2.45, 2.75) is 13.3 Å². The number of para-hydroxylation sites is 1. The van der Waals surface area contributed by atoms with Crippen LogP contribution in [0.15, 0.2) is 28.9 Å². The summed E-state index contributed by atoms with van der Waals surface area (Å²) in [6.45, 7) is 2.08. The molecule has 0 saturated carbocycles. The minimum Gasteiger partial charge on any atom is -0.252 e. The summed E-state index contributed by atoms with van der Waals surface area (Å²) in [4.78, 5) is 8.80. The highest BCUT2D eigenvalue weighted by molar-refractivity contribution is 9.10. The van der Waals surface area contributed by atoms with Crippen LogP contribution in [0.3, 0.4) is 0 Å². The van der Waals surface area contributed by atoms with Crippen molar-refractivity contribution in [1.29, 1.82) is 0 Å². The van der Waals surface area contributed by atoms with Crippen molar-refractivity contribution in [3.05, 3.63) is 34.6 Å². The van der Waals surface area contributed by atoms with Gasteiger partial charge in [-0.25, -0.2) is 4.98 Å². The van der Waals surface area contributed by atoms with Crippen LogP contribution in [-0.2, 0) is 6.42 Å². The first-order valence-corrected chi connectivity index (χ1v) is 5.00. The first-order valence-electron chi connectivity index (χ1n) is 4.21. The van der Waals surface area contributed by atoms with Crippen LogP contribution in [0.1, 0.15) is 12.6 Å². The fourth-order valence-electron chi connectivity index (χ4n) is 1.21. The first-order chi connectivity index (χ1) is 6.31. The van der Waals surface area contributed by atoms with Crippen LogP contribution in [0.4, 0.5) is 0 Å². The Morgan fingerprint density at radius 3 is 3.00 bits per heavy atom. The van der Waals surface area contributed by atoms with E-state index in [4.69, 9.17) is 0 Å². The molecule has 3 heteroatoms.